The molecule has 0 aromatic heterocycles. The Kier molecular flexibility index (Phi) is 14.7. The summed E-state index contributed by atoms with van der Waals surface area (Å²) in [6.45, 7) is 4.72. The highest BCUT2D eigenvalue weighted by molar-refractivity contribution is 7.58. The zero-order valence-electron chi connectivity index (χ0n) is 18.3. The molecule has 0 spiro atoms. The Labute approximate surface area is 173 Å². The average molecular weight is 415 g/mol. The second-order valence-electron chi connectivity index (χ2n) is 8.38. The maximum atomic E-state index is 11.8. The van der Waals surface area contributed by atoms with Gasteiger partial charge in [0.2, 0.25) is 7.37 Å². The van der Waals surface area contributed by atoms with Crippen LogP contribution in [0.4, 0.5) is 0 Å². The summed E-state index contributed by atoms with van der Waals surface area (Å²) in [7, 11) is -2.41. The molecule has 0 aliphatic carbocycles. The SMILES string of the molecule is CCCCCCCC/C=C\CCCCCCCC(=O)OCC1COP(C)(=O)C1. The number of unbranched alkanes of at least 4 members (excludes halogenated alkanes) is 11. The quantitative estimate of drug-likeness (QED) is 0.110. The zero-order chi connectivity index (χ0) is 20.5. The number of rotatable bonds is 17. The normalized spacial score (nSPS) is 22.1. The van der Waals surface area contributed by atoms with Crippen molar-refractivity contribution in [1.29, 1.82) is 0 Å². The minimum atomic E-state index is -2.41. The second kappa shape index (κ2) is 16.2. The smallest absolute Gasteiger partial charge is 0.305 e. The fraction of sp³-hybridized carbons (Fsp3) is 0.870. The van der Waals surface area contributed by atoms with E-state index in [9.17, 15) is 9.36 Å². The van der Waals surface area contributed by atoms with Crippen LogP contribution in [-0.4, -0.2) is 32.0 Å². The Bertz CT molecular complexity index is 475. The van der Waals surface area contributed by atoms with E-state index >= 15 is 0 Å². The molecule has 1 aliphatic rings. The van der Waals surface area contributed by atoms with Crippen molar-refractivity contribution in [3.63, 3.8) is 0 Å². The van der Waals surface area contributed by atoms with Crippen LogP contribution >= 0.6 is 7.37 Å². The van der Waals surface area contributed by atoms with Crippen molar-refractivity contribution in [1.82, 2.24) is 0 Å². The van der Waals surface area contributed by atoms with E-state index in [0.717, 1.165) is 12.8 Å². The number of hydrogen-bond acceptors (Lipinski definition) is 4. The lowest BCUT2D eigenvalue weighted by Gasteiger charge is -2.08. The monoisotopic (exact) mass is 414 g/mol. The molecule has 0 saturated carbocycles. The van der Waals surface area contributed by atoms with Gasteiger partial charge in [0.15, 0.2) is 0 Å². The van der Waals surface area contributed by atoms with E-state index in [-0.39, 0.29) is 11.9 Å². The fourth-order valence-electron chi connectivity index (χ4n) is 3.56. The molecule has 2 atom stereocenters. The van der Waals surface area contributed by atoms with Gasteiger partial charge >= 0.3 is 5.97 Å². The standard InChI is InChI=1S/C23H43O4P/c1-3-4-5-6-7-8-9-10-11-12-13-14-15-16-17-18-23(24)26-19-22-20-27-28(2,25)21-22/h10-11,22H,3-9,12-21H2,1-2H3/b11-10-. The van der Waals surface area contributed by atoms with Crippen LogP contribution < -0.4 is 0 Å². The Morgan fingerprint density at radius 1 is 0.964 bits per heavy atom. The van der Waals surface area contributed by atoms with E-state index in [1.807, 2.05) is 0 Å². The average Bonchev–Trinajstić information content (AvgIpc) is 3.02. The topological polar surface area (TPSA) is 52.6 Å². The molecule has 5 heteroatoms. The summed E-state index contributed by atoms with van der Waals surface area (Å²) in [5.74, 6) is -0.0237. The number of esters is 1. The first-order chi connectivity index (χ1) is 13.5. The number of ether oxygens (including phenoxy) is 1. The van der Waals surface area contributed by atoms with Crippen molar-refractivity contribution < 1.29 is 18.6 Å². The minimum Gasteiger partial charge on any atom is -0.465 e. The number of hydrogen-bond donors (Lipinski definition) is 0. The predicted molar refractivity (Wildman–Crippen MR) is 118 cm³/mol. The molecule has 1 saturated heterocycles. The highest BCUT2D eigenvalue weighted by Crippen LogP contribution is 2.49. The van der Waals surface area contributed by atoms with Gasteiger partial charge in [0.25, 0.3) is 0 Å². The molecule has 0 amide bonds. The van der Waals surface area contributed by atoms with Gasteiger partial charge in [-0.1, -0.05) is 70.4 Å². The van der Waals surface area contributed by atoms with E-state index in [1.54, 1.807) is 6.66 Å². The molecular weight excluding hydrogens is 371 g/mol. The lowest BCUT2D eigenvalue weighted by molar-refractivity contribution is -0.145. The van der Waals surface area contributed by atoms with Crippen LogP contribution in [0.2, 0.25) is 0 Å². The van der Waals surface area contributed by atoms with E-state index < -0.39 is 7.37 Å². The van der Waals surface area contributed by atoms with Gasteiger partial charge in [0.05, 0.1) is 13.2 Å². The van der Waals surface area contributed by atoms with Crippen LogP contribution in [0.25, 0.3) is 0 Å². The highest BCUT2D eigenvalue weighted by Gasteiger charge is 2.31. The zero-order valence-corrected chi connectivity index (χ0v) is 19.2. The lowest BCUT2D eigenvalue weighted by atomic mass is 10.1. The molecule has 0 N–H and O–H groups in total. The molecule has 0 aromatic carbocycles. The molecule has 1 aliphatic heterocycles. The van der Waals surface area contributed by atoms with Crippen molar-refractivity contribution in [2.75, 3.05) is 26.0 Å². The molecular formula is C23H43O4P. The fourth-order valence-corrected chi connectivity index (χ4v) is 5.34. The van der Waals surface area contributed by atoms with Gasteiger partial charge in [-0.25, -0.2) is 0 Å². The first kappa shape index (κ1) is 25.4. The number of allylic oxidation sites excluding steroid dienone is 2. The molecule has 4 nitrogen and oxygen atoms in total. The van der Waals surface area contributed by atoms with E-state index in [0.29, 0.717) is 25.8 Å². The van der Waals surface area contributed by atoms with E-state index in [1.165, 1.54) is 70.6 Å². The van der Waals surface area contributed by atoms with Crippen LogP contribution in [0.1, 0.15) is 96.8 Å². The number of carbonyl (C=O) groups excluding carboxylic acids is 1. The van der Waals surface area contributed by atoms with E-state index in [2.05, 4.69) is 19.1 Å². The number of carbonyl (C=O) groups is 1. The Hall–Kier alpha value is -0.600. The van der Waals surface area contributed by atoms with Gasteiger partial charge < -0.3 is 9.26 Å². The first-order valence-corrected chi connectivity index (χ1v) is 13.8. The third kappa shape index (κ3) is 14.4. The van der Waals surface area contributed by atoms with Crippen molar-refractivity contribution in [2.24, 2.45) is 5.92 Å². The molecule has 28 heavy (non-hydrogen) atoms. The van der Waals surface area contributed by atoms with Crippen molar-refractivity contribution in [2.45, 2.75) is 96.8 Å². The molecule has 0 aromatic rings. The second-order valence-corrected chi connectivity index (χ2v) is 11.0. The largest absolute Gasteiger partial charge is 0.465 e. The summed E-state index contributed by atoms with van der Waals surface area (Å²) in [6.07, 6.45) is 22.0. The lowest BCUT2D eigenvalue weighted by Crippen LogP contribution is -2.16. The molecule has 1 rings (SSSR count). The van der Waals surface area contributed by atoms with Crippen molar-refractivity contribution >= 4 is 13.3 Å². The van der Waals surface area contributed by atoms with Gasteiger partial charge in [0, 0.05) is 25.2 Å². The third-order valence-electron chi connectivity index (χ3n) is 5.30. The molecule has 0 radical (unpaired) electrons. The van der Waals surface area contributed by atoms with Gasteiger partial charge in [-0.3, -0.25) is 9.36 Å². The summed E-state index contributed by atoms with van der Waals surface area (Å²) in [5.41, 5.74) is 0. The third-order valence-corrected chi connectivity index (χ3v) is 7.17. The van der Waals surface area contributed by atoms with Crippen LogP contribution in [0.3, 0.4) is 0 Å². The van der Waals surface area contributed by atoms with Gasteiger partial charge in [-0.15, -0.1) is 0 Å². The van der Waals surface area contributed by atoms with Crippen molar-refractivity contribution in [3.8, 4) is 0 Å². The summed E-state index contributed by atoms with van der Waals surface area (Å²) < 4.78 is 22.3. The summed E-state index contributed by atoms with van der Waals surface area (Å²) >= 11 is 0. The van der Waals surface area contributed by atoms with Gasteiger partial charge in [0.1, 0.15) is 0 Å². The maximum Gasteiger partial charge on any atom is 0.305 e. The van der Waals surface area contributed by atoms with Crippen LogP contribution in [0.5, 0.6) is 0 Å². The van der Waals surface area contributed by atoms with Crippen LogP contribution in [0.15, 0.2) is 12.2 Å². The summed E-state index contributed by atoms with van der Waals surface area (Å²) in [5, 5.41) is 0. The van der Waals surface area contributed by atoms with E-state index in [4.69, 9.17) is 9.26 Å². The van der Waals surface area contributed by atoms with Gasteiger partial charge in [-0.05, 0) is 32.1 Å². The summed E-state index contributed by atoms with van der Waals surface area (Å²) in [6, 6.07) is 0. The van der Waals surface area contributed by atoms with Crippen molar-refractivity contribution in [3.05, 3.63) is 12.2 Å². The highest BCUT2D eigenvalue weighted by atomic mass is 31.2. The molecule has 1 fully saturated rings. The Morgan fingerprint density at radius 2 is 1.54 bits per heavy atom. The van der Waals surface area contributed by atoms with Crippen LogP contribution in [0, 0.1) is 5.92 Å². The molecule has 164 valence electrons. The Balaban J connectivity index is 1.81. The molecule has 2 unspecified atom stereocenters. The molecule has 0 bridgehead atoms. The Morgan fingerprint density at radius 3 is 2.11 bits per heavy atom. The summed E-state index contributed by atoms with van der Waals surface area (Å²) in [4.78, 5) is 11.8. The maximum absolute atomic E-state index is 11.8. The minimum absolute atomic E-state index is 0.105. The van der Waals surface area contributed by atoms with Gasteiger partial charge in [-0.2, -0.15) is 0 Å². The molecule has 1 heterocycles. The van der Waals surface area contributed by atoms with Crippen LogP contribution in [-0.2, 0) is 18.6 Å². The first-order valence-electron chi connectivity index (χ1n) is 11.5. The predicted octanol–water partition coefficient (Wildman–Crippen LogP) is 7.12.